The smallest absolute Gasteiger partial charge is 0.254 e. The molecule has 1 rings (SSSR count). The molecule has 16 heavy (non-hydrogen) atoms. The van der Waals surface area contributed by atoms with Gasteiger partial charge in [-0.25, -0.2) is 4.98 Å². The Kier molecular flexibility index (Phi) is 4.50. The summed E-state index contributed by atoms with van der Waals surface area (Å²) in [5.41, 5.74) is -0.163. The first-order valence-electron chi connectivity index (χ1n) is 5.37. The van der Waals surface area contributed by atoms with Crippen molar-refractivity contribution in [2.45, 2.75) is 45.8 Å². The van der Waals surface area contributed by atoms with Crippen molar-refractivity contribution in [3.63, 3.8) is 0 Å². The Morgan fingerprint density at radius 2 is 2.12 bits per heavy atom. The van der Waals surface area contributed by atoms with E-state index in [9.17, 15) is 9.90 Å². The van der Waals surface area contributed by atoms with E-state index in [1.54, 1.807) is 11.5 Å². The molecule has 1 aromatic rings. The molecule has 0 saturated carbocycles. The van der Waals surface area contributed by atoms with E-state index in [0.29, 0.717) is 18.8 Å². The maximum absolute atomic E-state index is 11.7. The Balaban J connectivity index is 3.09. The van der Waals surface area contributed by atoms with Crippen LogP contribution in [0.15, 0.2) is 10.9 Å². The molecule has 0 amide bonds. The molecular weight excluding hydrogens is 228 g/mol. The average molecular weight is 245 g/mol. The molecule has 0 aliphatic carbocycles. The van der Waals surface area contributed by atoms with E-state index in [1.165, 1.54) is 6.07 Å². The molecule has 1 heterocycles. The highest BCUT2D eigenvalue weighted by Crippen LogP contribution is 2.13. The number of nitrogens with zero attached hydrogens (tertiary/aromatic N) is 2. The molecule has 0 aromatic carbocycles. The Morgan fingerprint density at radius 1 is 1.50 bits per heavy atom. The van der Waals surface area contributed by atoms with Gasteiger partial charge in [0.1, 0.15) is 11.0 Å². The van der Waals surface area contributed by atoms with E-state index >= 15 is 0 Å². The van der Waals surface area contributed by atoms with Gasteiger partial charge in [0, 0.05) is 18.5 Å². The topological polar surface area (TPSA) is 55.1 Å². The number of aliphatic hydroxyl groups is 1. The Morgan fingerprint density at radius 3 is 2.62 bits per heavy atom. The highest BCUT2D eigenvalue weighted by atomic mass is 35.5. The van der Waals surface area contributed by atoms with Gasteiger partial charge < -0.3 is 5.11 Å². The molecule has 4 nitrogen and oxygen atoms in total. The SMILES string of the molecule is CC(O)CCn1c(C(C)C)nc(Cl)cc1=O. The standard InChI is InChI=1S/C11H17ClN2O2/c1-7(2)11-13-9(12)6-10(16)14(11)5-4-8(3)15/h6-8,15H,4-5H2,1-3H3. The molecule has 0 saturated heterocycles. The highest BCUT2D eigenvalue weighted by molar-refractivity contribution is 6.29. The first-order chi connectivity index (χ1) is 7.41. The van der Waals surface area contributed by atoms with Gasteiger partial charge in [-0.2, -0.15) is 0 Å². The summed E-state index contributed by atoms with van der Waals surface area (Å²) in [5, 5.41) is 9.45. The van der Waals surface area contributed by atoms with Crippen LogP contribution in [0.1, 0.15) is 38.9 Å². The zero-order valence-electron chi connectivity index (χ0n) is 9.77. The molecule has 1 unspecified atom stereocenters. The Hall–Kier alpha value is -0.870. The van der Waals surface area contributed by atoms with Gasteiger partial charge in [-0.1, -0.05) is 25.4 Å². The third kappa shape index (κ3) is 3.32. The van der Waals surface area contributed by atoms with Gasteiger partial charge in [0.05, 0.1) is 6.10 Å². The first kappa shape index (κ1) is 13.2. The summed E-state index contributed by atoms with van der Waals surface area (Å²) in [6.45, 7) is 6.07. The van der Waals surface area contributed by atoms with E-state index in [1.807, 2.05) is 13.8 Å². The van der Waals surface area contributed by atoms with E-state index in [-0.39, 0.29) is 16.6 Å². The van der Waals surface area contributed by atoms with E-state index < -0.39 is 6.10 Å². The summed E-state index contributed by atoms with van der Waals surface area (Å²) in [4.78, 5) is 15.9. The summed E-state index contributed by atoms with van der Waals surface area (Å²) < 4.78 is 1.57. The van der Waals surface area contributed by atoms with Crippen LogP contribution in [-0.4, -0.2) is 20.8 Å². The molecule has 0 bridgehead atoms. The number of rotatable bonds is 4. The fourth-order valence-corrected chi connectivity index (χ4v) is 1.66. The van der Waals surface area contributed by atoms with Gasteiger partial charge in [-0.3, -0.25) is 9.36 Å². The molecule has 0 fully saturated rings. The lowest BCUT2D eigenvalue weighted by atomic mass is 10.2. The van der Waals surface area contributed by atoms with Gasteiger partial charge in [0.15, 0.2) is 0 Å². The number of halogens is 1. The second kappa shape index (κ2) is 5.46. The van der Waals surface area contributed by atoms with Crippen LogP contribution < -0.4 is 5.56 Å². The zero-order valence-corrected chi connectivity index (χ0v) is 10.5. The minimum Gasteiger partial charge on any atom is -0.393 e. The summed E-state index contributed by atoms with van der Waals surface area (Å²) in [5.74, 6) is 0.790. The third-order valence-electron chi connectivity index (χ3n) is 2.29. The van der Waals surface area contributed by atoms with E-state index in [2.05, 4.69) is 4.98 Å². The van der Waals surface area contributed by atoms with Crippen molar-refractivity contribution in [2.24, 2.45) is 0 Å². The van der Waals surface area contributed by atoms with Crippen LogP contribution in [0, 0.1) is 0 Å². The lowest BCUT2D eigenvalue weighted by Crippen LogP contribution is -2.26. The van der Waals surface area contributed by atoms with Gasteiger partial charge in [-0.15, -0.1) is 0 Å². The van der Waals surface area contributed by atoms with Crippen molar-refractivity contribution < 1.29 is 5.11 Å². The predicted molar refractivity (Wildman–Crippen MR) is 63.9 cm³/mol. The largest absolute Gasteiger partial charge is 0.393 e. The van der Waals surface area contributed by atoms with Crippen molar-refractivity contribution in [3.05, 3.63) is 27.4 Å². The second-order valence-electron chi connectivity index (χ2n) is 4.22. The first-order valence-corrected chi connectivity index (χ1v) is 5.75. The number of hydrogen-bond donors (Lipinski definition) is 1. The maximum Gasteiger partial charge on any atom is 0.254 e. The normalized spacial score (nSPS) is 13.1. The van der Waals surface area contributed by atoms with Crippen LogP contribution >= 0.6 is 11.6 Å². The Bertz CT molecular complexity index is 413. The van der Waals surface area contributed by atoms with Gasteiger partial charge in [-0.05, 0) is 13.3 Å². The minimum atomic E-state index is -0.428. The fraction of sp³-hybridized carbons (Fsp3) is 0.636. The van der Waals surface area contributed by atoms with Crippen molar-refractivity contribution >= 4 is 11.6 Å². The van der Waals surface area contributed by atoms with Crippen LogP contribution in [0.4, 0.5) is 0 Å². The minimum absolute atomic E-state index is 0.125. The monoisotopic (exact) mass is 244 g/mol. The molecule has 0 aliphatic heterocycles. The molecule has 1 N–H and O–H groups in total. The average Bonchev–Trinajstić information content (AvgIpc) is 2.14. The summed E-state index contributed by atoms with van der Waals surface area (Å²) >= 11 is 5.76. The quantitative estimate of drug-likeness (QED) is 0.822. The zero-order chi connectivity index (χ0) is 12.3. The number of aromatic nitrogens is 2. The van der Waals surface area contributed by atoms with Gasteiger partial charge in [0.25, 0.3) is 5.56 Å². The summed E-state index contributed by atoms with van der Waals surface area (Å²) in [6, 6.07) is 1.30. The summed E-state index contributed by atoms with van der Waals surface area (Å²) in [6.07, 6.45) is 0.103. The number of aliphatic hydroxyl groups excluding tert-OH is 1. The van der Waals surface area contributed by atoms with Gasteiger partial charge >= 0.3 is 0 Å². The second-order valence-corrected chi connectivity index (χ2v) is 4.61. The van der Waals surface area contributed by atoms with Crippen LogP contribution in [0.5, 0.6) is 0 Å². The summed E-state index contributed by atoms with van der Waals surface area (Å²) in [7, 11) is 0. The molecule has 5 heteroatoms. The van der Waals surface area contributed by atoms with Crippen LogP contribution in [0.25, 0.3) is 0 Å². The molecule has 0 spiro atoms. The van der Waals surface area contributed by atoms with Gasteiger partial charge in [0.2, 0.25) is 0 Å². The molecule has 0 aliphatic rings. The number of hydrogen-bond acceptors (Lipinski definition) is 3. The van der Waals surface area contributed by atoms with E-state index in [0.717, 1.165) is 0 Å². The van der Waals surface area contributed by atoms with Crippen molar-refractivity contribution in [3.8, 4) is 0 Å². The molecule has 0 radical (unpaired) electrons. The molecule has 1 aromatic heterocycles. The Labute approximate surface area is 99.9 Å². The maximum atomic E-state index is 11.7. The predicted octanol–water partition coefficient (Wildman–Crippen LogP) is 1.79. The third-order valence-corrected chi connectivity index (χ3v) is 2.49. The lowest BCUT2D eigenvalue weighted by Gasteiger charge is -2.15. The fourth-order valence-electron chi connectivity index (χ4n) is 1.48. The van der Waals surface area contributed by atoms with Crippen LogP contribution in [-0.2, 0) is 6.54 Å². The van der Waals surface area contributed by atoms with Crippen LogP contribution in [0.3, 0.4) is 0 Å². The lowest BCUT2D eigenvalue weighted by molar-refractivity contribution is 0.176. The van der Waals surface area contributed by atoms with Crippen molar-refractivity contribution in [1.29, 1.82) is 0 Å². The molecular formula is C11H17ClN2O2. The van der Waals surface area contributed by atoms with Crippen molar-refractivity contribution in [2.75, 3.05) is 0 Å². The van der Waals surface area contributed by atoms with Crippen LogP contribution in [0.2, 0.25) is 5.15 Å². The molecule has 1 atom stereocenters. The van der Waals surface area contributed by atoms with E-state index in [4.69, 9.17) is 11.6 Å². The molecule has 90 valence electrons. The highest BCUT2D eigenvalue weighted by Gasteiger charge is 2.11. The van der Waals surface area contributed by atoms with Crippen molar-refractivity contribution in [1.82, 2.24) is 9.55 Å².